The largest absolute Gasteiger partial charge is 0.321 e. The third-order valence-corrected chi connectivity index (χ3v) is 5.16. The molecule has 1 aromatic carbocycles. The van der Waals surface area contributed by atoms with E-state index in [1.807, 2.05) is 30.3 Å². The maximum atomic E-state index is 11.9. The number of carbonyl (C=O) groups is 1. The second-order valence-electron chi connectivity index (χ2n) is 3.30. The highest BCUT2D eigenvalue weighted by Gasteiger charge is 2.21. The van der Waals surface area contributed by atoms with Gasteiger partial charge in [0.15, 0.2) is 0 Å². The Hall–Kier alpha value is -0.780. The maximum Gasteiger partial charge on any atom is 0.257 e. The fourth-order valence-corrected chi connectivity index (χ4v) is 4.72. The molecule has 0 spiro atoms. The summed E-state index contributed by atoms with van der Waals surface area (Å²) in [6.45, 7) is 0. The highest BCUT2D eigenvalue weighted by atomic mass is 79.9. The summed E-state index contributed by atoms with van der Waals surface area (Å²) >= 11 is 6.63. The summed E-state index contributed by atoms with van der Waals surface area (Å²) in [7, 11) is 0. The van der Waals surface area contributed by atoms with Crippen molar-refractivity contribution in [3.8, 4) is 0 Å². The smallest absolute Gasteiger partial charge is 0.257 e. The molecule has 0 saturated carbocycles. The summed E-state index contributed by atoms with van der Waals surface area (Å²) < 4.78 is 2.02. The van der Waals surface area contributed by atoms with Crippen molar-refractivity contribution in [1.29, 1.82) is 0 Å². The molecule has 0 aliphatic carbocycles. The number of anilines is 1. The Morgan fingerprint density at radius 2 is 2.06 bits per heavy atom. The summed E-state index contributed by atoms with van der Waals surface area (Å²) in [6.07, 6.45) is 0. The van der Waals surface area contributed by atoms with Gasteiger partial charge in [-0.1, -0.05) is 23.9 Å². The Labute approximate surface area is 109 Å². The molecule has 2 aromatic rings. The zero-order valence-electron chi connectivity index (χ0n) is 7.99. The lowest BCUT2D eigenvalue weighted by molar-refractivity contribution is 0.102. The zero-order chi connectivity index (χ0) is 11.1. The van der Waals surface area contributed by atoms with Crippen molar-refractivity contribution in [2.75, 3.05) is 5.32 Å². The third kappa shape index (κ3) is 1.69. The third-order valence-electron chi connectivity index (χ3n) is 2.25. The minimum atomic E-state index is -0.0330. The van der Waals surface area contributed by atoms with Crippen LogP contribution in [0.2, 0.25) is 0 Å². The van der Waals surface area contributed by atoms with Crippen LogP contribution in [0.4, 0.5) is 5.69 Å². The van der Waals surface area contributed by atoms with Gasteiger partial charge in [0.1, 0.15) is 0 Å². The van der Waals surface area contributed by atoms with Gasteiger partial charge in [-0.15, -0.1) is 11.3 Å². The van der Waals surface area contributed by atoms with Crippen molar-refractivity contribution < 1.29 is 4.79 Å². The number of fused-ring (bicyclic) bond motifs is 2. The maximum absolute atomic E-state index is 11.9. The molecule has 0 saturated heterocycles. The molecule has 0 bridgehead atoms. The number of para-hydroxylation sites is 1. The van der Waals surface area contributed by atoms with Gasteiger partial charge in [0.25, 0.3) is 5.91 Å². The molecular weight excluding hydrogens is 306 g/mol. The average Bonchev–Trinajstić information content (AvgIpc) is 2.57. The predicted molar refractivity (Wildman–Crippen MR) is 70.5 cm³/mol. The lowest BCUT2D eigenvalue weighted by Gasteiger charge is -2.04. The quantitative estimate of drug-likeness (QED) is 0.789. The predicted octanol–water partition coefficient (Wildman–Crippen LogP) is 4.23. The molecule has 1 amide bonds. The minimum Gasteiger partial charge on any atom is -0.321 e. The van der Waals surface area contributed by atoms with E-state index in [1.165, 1.54) is 0 Å². The highest BCUT2D eigenvalue weighted by Crippen LogP contribution is 2.43. The molecule has 0 unspecified atom stereocenters. The van der Waals surface area contributed by atoms with E-state index >= 15 is 0 Å². The summed E-state index contributed by atoms with van der Waals surface area (Å²) in [5.41, 5.74) is 1.63. The molecule has 1 aliphatic rings. The summed E-state index contributed by atoms with van der Waals surface area (Å²) in [5, 5.41) is 2.92. The first kappa shape index (κ1) is 10.4. The summed E-state index contributed by atoms with van der Waals surface area (Å²) in [5.74, 6) is -0.0330. The van der Waals surface area contributed by atoms with Crippen LogP contribution in [0.15, 0.2) is 43.2 Å². The number of rotatable bonds is 0. The Bertz CT molecular complexity index is 579. The Kier molecular flexibility index (Phi) is 2.53. The topological polar surface area (TPSA) is 29.1 Å². The molecule has 80 valence electrons. The number of hydrogen-bond acceptors (Lipinski definition) is 3. The van der Waals surface area contributed by atoms with Crippen molar-refractivity contribution in [2.24, 2.45) is 0 Å². The number of benzene rings is 1. The van der Waals surface area contributed by atoms with Gasteiger partial charge in [0.2, 0.25) is 0 Å². The van der Waals surface area contributed by atoms with E-state index in [4.69, 9.17) is 0 Å². The van der Waals surface area contributed by atoms with Gasteiger partial charge in [-0.05, 0) is 34.1 Å². The van der Waals surface area contributed by atoms with Gasteiger partial charge in [-0.3, -0.25) is 4.79 Å². The highest BCUT2D eigenvalue weighted by molar-refractivity contribution is 9.11. The van der Waals surface area contributed by atoms with E-state index in [2.05, 4.69) is 21.2 Å². The van der Waals surface area contributed by atoms with Crippen molar-refractivity contribution in [1.82, 2.24) is 0 Å². The Morgan fingerprint density at radius 1 is 1.25 bits per heavy atom. The second-order valence-corrected chi connectivity index (χ2v) is 7.05. The first-order valence-electron chi connectivity index (χ1n) is 4.61. The summed E-state index contributed by atoms with van der Waals surface area (Å²) in [4.78, 5) is 13.0. The van der Waals surface area contributed by atoms with Gasteiger partial charge in [0.05, 0.1) is 19.2 Å². The zero-order valence-corrected chi connectivity index (χ0v) is 11.2. The number of nitrogens with one attached hydrogen (secondary N) is 1. The van der Waals surface area contributed by atoms with Crippen LogP contribution in [0.25, 0.3) is 0 Å². The first-order chi connectivity index (χ1) is 7.74. The van der Waals surface area contributed by atoms with Crippen LogP contribution in [0.3, 0.4) is 0 Å². The van der Waals surface area contributed by atoms with E-state index < -0.39 is 0 Å². The number of amides is 1. The number of thiophene rings is 1. The van der Waals surface area contributed by atoms with Crippen LogP contribution in [0.1, 0.15) is 10.4 Å². The molecule has 2 nitrogen and oxygen atoms in total. The van der Waals surface area contributed by atoms with Crippen LogP contribution in [-0.4, -0.2) is 5.91 Å². The molecule has 16 heavy (non-hydrogen) atoms. The first-order valence-corrected chi connectivity index (χ1v) is 7.04. The van der Waals surface area contributed by atoms with Crippen LogP contribution < -0.4 is 5.32 Å². The van der Waals surface area contributed by atoms with Crippen molar-refractivity contribution >= 4 is 50.6 Å². The van der Waals surface area contributed by atoms with Crippen molar-refractivity contribution in [3.05, 3.63) is 39.7 Å². The van der Waals surface area contributed by atoms with Gasteiger partial charge in [-0.25, -0.2) is 0 Å². The molecule has 0 fully saturated rings. The van der Waals surface area contributed by atoms with Gasteiger partial charge in [-0.2, -0.15) is 0 Å². The molecule has 0 atom stereocenters. The lowest BCUT2D eigenvalue weighted by atomic mass is 10.3. The fraction of sp³-hybridized carbons (Fsp3) is 0. The van der Waals surface area contributed by atoms with Gasteiger partial charge >= 0.3 is 0 Å². The lowest BCUT2D eigenvalue weighted by Crippen LogP contribution is -2.10. The SMILES string of the molecule is O=C1Nc2ccccc2Sc2sc(Br)cc21. The monoisotopic (exact) mass is 311 g/mol. The molecular formula is C11H6BrNOS2. The molecule has 2 heterocycles. The molecule has 1 N–H and O–H groups in total. The van der Waals surface area contributed by atoms with E-state index in [9.17, 15) is 4.79 Å². The van der Waals surface area contributed by atoms with Crippen molar-refractivity contribution in [2.45, 2.75) is 9.10 Å². The van der Waals surface area contributed by atoms with E-state index in [1.54, 1.807) is 23.1 Å². The van der Waals surface area contributed by atoms with Crippen LogP contribution in [0, 0.1) is 0 Å². The Morgan fingerprint density at radius 3 is 2.94 bits per heavy atom. The molecule has 0 radical (unpaired) electrons. The standard InChI is InChI=1S/C11H6BrNOS2/c12-9-5-6-10(14)13-7-3-1-2-4-8(7)15-11(6)16-9/h1-5H,(H,13,14). The summed E-state index contributed by atoms with van der Waals surface area (Å²) in [6, 6.07) is 9.71. The van der Waals surface area contributed by atoms with Crippen LogP contribution in [0.5, 0.6) is 0 Å². The molecule has 1 aliphatic heterocycles. The second kappa shape index (κ2) is 3.91. The molecule has 5 heteroatoms. The molecule has 3 rings (SSSR count). The van der Waals surface area contributed by atoms with E-state index in [-0.39, 0.29) is 5.91 Å². The Balaban J connectivity index is 2.17. The van der Waals surface area contributed by atoms with E-state index in [0.717, 1.165) is 24.1 Å². The average molecular weight is 312 g/mol. The van der Waals surface area contributed by atoms with Crippen molar-refractivity contribution in [3.63, 3.8) is 0 Å². The fourth-order valence-electron chi connectivity index (χ4n) is 1.53. The van der Waals surface area contributed by atoms with E-state index in [0.29, 0.717) is 0 Å². The normalized spacial score (nSPS) is 13.7. The van der Waals surface area contributed by atoms with Crippen LogP contribution >= 0.6 is 39.0 Å². The van der Waals surface area contributed by atoms with Crippen LogP contribution in [-0.2, 0) is 0 Å². The molecule has 1 aromatic heterocycles. The minimum absolute atomic E-state index is 0.0330. The van der Waals surface area contributed by atoms with Gasteiger partial charge in [0, 0.05) is 4.90 Å². The number of halogens is 1. The number of hydrogen-bond donors (Lipinski definition) is 1. The van der Waals surface area contributed by atoms with Gasteiger partial charge < -0.3 is 5.32 Å². The number of carbonyl (C=O) groups excluding carboxylic acids is 1.